The fourth-order valence-corrected chi connectivity index (χ4v) is 6.73. The van der Waals surface area contributed by atoms with Gasteiger partial charge in [0.05, 0.1) is 5.75 Å². The first kappa shape index (κ1) is 14.5. The predicted molar refractivity (Wildman–Crippen MR) is 80.3 cm³/mol. The van der Waals surface area contributed by atoms with Crippen LogP contribution < -0.4 is 0 Å². The highest BCUT2D eigenvalue weighted by Gasteiger charge is 2.35. The first-order chi connectivity index (χ1) is 8.58. The number of rotatable bonds is 4. The molecule has 1 aromatic rings. The SMILES string of the molecule is O=S(=O)(CC1(CBr)CCCCCC1)c1cccs1. The van der Waals surface area contributed by atoms with Crippen LogP contribution in [0.25, 0.3) is 0 Å². The molecule has 0 unspecified atom stereocenters. The van der Waals surface area contributed by atoms with Crippen LogP contribution in [0.1, 0.15) is 38.5 Å². The number of hydrogen-bond acceptors (Lipinski definition) is 3. The van der Waals surface area contributed by atoms with E-state index in [0.29, 0.717) is 9.96 Å². The Morgan fingerprint density at radius 2 is 1.89 bits per heavy atom. The summed E-state index contributed by atoms with van der Waals surface area (Å²) in [5, 5.41) is 2.63. The van der Waals surface area contributed by atoms with Crippen molar-refractivity contribution in [1.82, 2.24) is 0 Å². The van der Waals surface area contributed by atoms with E-state index in [2.05, 4.69) is 15.9 Å². The van der Waals surface area contributed by atoms with Crippen LogP contribution in [0, 0.1) is 5.41 Å². The Balaban J connectivity index is 2.19. The Morgan fingerprint density at radius 1 is 1.22 bits per heavy atom. The van der Waals surface area contributed by atoms with Crippen molar-refractivity contribution in [2.24, 2.45) is 5.41 Å². The van der Waals surface area contributed by atoms with Gasteiger partial charge in [-0.25, -0.2) is 8.42 Å². The van der Waals surface area contributed by atoms with E-state index in [9.17, 15) is 8.42 Å². The highest BCUT2D eigenvalue weighted by atomic mass is 79.9. The highest BCUT2D eigenvalue weighted by Crippen LogP contribution is 2.39. The van der Waals surface area contributed by atoms with Crippen LogP contribution in [-0.2, 0) is 9.84 Å². The normalized spacial score (nSPS) is 20.5. The summed E-state index contributed by atoms with van der Waals surface area (Å²) in [7, 11) is -3.11. The van der Waals surface area contributed by atoms with Gasteiger partial charge >= 0.3 is 0 Å². The molecule has 0 atom stereocenters. The second-order valence-corrected chi connectivity index (χ2v) is 8.96. The molecular weight excluding hydrogens is 332 g/mol. The predicted octanol–water partition coefficient (Wildman–Crippen LogP) is 4.26. The summed E-state index contributed by atoms with van der Waals surface area (Å²) in [4.78, 5) is 0. The minimum absolute atomic E-state index is 0.0562. The van der Waals surface area contributed by atoms with E-state index in [1.807, 2.05) is 11.4 Å². The van der Waals surface area contributed by atoms with Crippen LogP contribution in [0.2, 0.25) is 0 Å². The molecule has 0 bridgehead atoms. The van der Waals surface area contributed by atoms with Gasteiger partial charge in [0.1, 0.15) is 4.21 Å². The van der Waals surface area contributed by atoms with Crippen molar-refractivity contribution in [2.75, 3.05) is 11.1 Å². The van der Waals surface area contributed by atoms with E-state index in [-0.39, 0.29) is 5.41 Å². The molecule has 1 saturated carbocycles. The van der Waals surface area contributed by atoms with E-state index >= 15 is 0 Å². The van der Waals surface area contributed by atoms with Crippen molar-refractivity contribution in [3.05, 3.63) is 17.5 Å². The zero-order valence-corrected chi connectivity index (χ0v) is 13.6. The Hall–Kier alpha value is 0.130. The molecule has 102 valence electrons. The standard InChI is InChI=1S/C13H19BrO2S2/c14-10-13(7-3-1-2-4-8-13)11-18(15,16)12-6-5-9-17-12/h5-6,9H,1-4,7-8,10-11H2. The van der Waals surface area contributed by atoms with Crippen LogP contribution in [0.5, 0.6) is 0 Å². The third-order valence-corrected chi connectivity index (χ3v) is 8.39. The van der Waals surface area contributed by atoms with Gasteiger partial charge in [-0.2, -0.15) is 0 Å². The fourth-order valence-electron chi connectivity index (χ4n) is 2.71. The van der Waals surface area contributed by atoms with Crippen molar-refractivity contribution in [1.29, 1.82) is 0 Å². The van der Waals surface area contributed by atoms with E-state index in [1.54, 1.807) is 6.07 Å². The number of halogens is 1. The molecule has 0 amide bonds. The maximum absolute atomic E-state index is 12.4. The molecule has 0 aliphatic heterocycles. The highest BCUT2D eigenvalue weighted by molar-refractivity contribution is 9.09. The van der Waals surface area contributed by atoms with Gasteiger partial charge in [0.25, 0.3) is 0 Å². The second-order valence-electron chi connectivity index (χ2n) is 5.24. The topological polar surface area (TPSA) is 34.1 Å². The molecule has 1 heterocycles. The molecule has 1 aliphatic carbocycles. The summed E-state index contributed by atoms with van der Waals surface area (Å²) in [5.41, 5.74) is -0.0562. The Kier molecular flexibility index (Phi) is 4.89. The molecule has 2 nitrogen and oxygen atoms in total. The van der Waals surface area contributed by atoms with E-state index in [0.717, 1.165) is 31.0 Å². The molecule has 0 saturated heterocycles. The van der Waals surface area contributed by atoms with Crippen molar-refractivity contribution >= 4 is 37.1 Å². The lowest BCUT2D eigenvalue weighted by Gasteiger charge is -2.30. The Bertz CT molecular complexity index is 457. The van der Waals surface area contributed by atoms with Gasteiger partial charge in [-0.05, 0) is 29.7 Å². The zero-order chi connectivity index (χ0) is 13.1. The smallest absolute Gasteiger partial charge is 0.188 e. The molecule has 1 aliphatic rings. The van der Waals surface area contributed by atoms with E-state index in [4.69, 9.17) is 0 Å². The molecule has 1 aromatic heterocycles. The largest absolute Gasteiger partial charge is 0.223 e. The van der Waals surface area contributed by atoms with Crippen LogP contribution >= 0.6 is 27.3 Å². The lowest BCUT2D eigenvalue weighted by molar-refractivity contribution is 0.327. The maximum Gasteiger partial charge on any atom is 0.188 e. The summed E-state index contributed by atoms with van der Waals surface area (Å²) in [6.07, 6.45) is 6.87. The van der Waals surface area contributed by atoms with Crippen molar-refractivity contribution in [3.63, 3.8) is 0 Å². The molecule has 0 spiro atoms. The first-order valence-electron chi connectivity index (χ1n) is 6.40. The molecule has 0 radical (unpaired) electrons. The number of sulfone groups is 1. The van der Waals surface area contributed by atoms with Gasteiger partial charge in [-0.3, -0.25) is 0 Å². The van der Waals surface area contributed by atoms with Gasteiger partial charge in [0, 0.05) is 5.33 Å². The number of alkyl halides is 1. The summed E-state index contributed by atoms with van der Waals surface area (Å²) >= 11 is 4.89. The minimum atomic E-state index is -3.11. The lowest BCUT2D eigenvalue weighted by atomic mass is 9.85. The average Bonchev–Trinajstić information content (AvgIpc) is 2.79. The lowest BCUT2D eigenvalue weighted by Crippen LogP contribution is -2.31. The van der Waals surface area contributed by atoms with Crippen molar-refractivity contribution in [2.45, 2.75) is 42.7 Å². The fraction of sp³-hybridized carbons (Fsp3) is 0.692. The summed E-state index contributed by atoms with van der Waals surface area (Å²) in [5.74, 6) is 0.297. The molecule has 0 N–H and O–H groups in total. The quantitative estimate of drug-likeness (QED) is 0.600. The second kappa shape index (κ2) is 6.06. The van der Waals surface area contributed by atoms with Crippen LogP contribution in [-0.4, -0.2) is 19.5 Å². The first-order valence-corrected chi connectivity index (χ1v) is 10.1. The van der Waals surface area contributed by atoms with Crippen LogP contribution in [0.15, 0.2) is 21.7 Å². The number of hydrogen-bond donors (Lipinski definition) is 0. The van der Waals surface area contributed by atoms with Gasteiger partial charge in [0.15, 0.2) is 9.84 Å². The van der Waals surface area contributed by atoms with Gasteiger partial charge in [0.2, 0.25) is 0 Å². The summed E-state index contributed by atoms with van der Waals surface area (Å²) in [6.45, 7) is 0. The Morgan fingerprint density at radius 3 is 2.39 bits per heavy atom. The van der Waals surface area contributed by atoms with Gasteiger partial charge < -0.3 is 0 Å². The van der Waals surface area contributed by atoms with E-state index < -0.39 is 9.84 Å². The summed E-state index contributed by atoms with van der Waals surface area (Å²) < 4.78 is 25.4. The third kappa shape index (κ3) is 3.36. The minimum Gasteiger partial charge on any atom is -0.223 e. The molecule has 5 heteroatoms. The monoisotopic (exact) mass is 350 g/mol. The van der Waals surface area contributed by atoms with Gasteiger partial charge in [-0.1, -0.05) is 47.7 Å². The van der Waals surface area contributed by atoms with Crippen LogP contribution in [0.4, 0.5) is 0 Å². The van der Waals surface area contributed by atoms with Crippen LogP contribution in [0.3, 0.4) is 0 Å². The van der Waals surface area contributed by atoms with Gasteiger partial charge in [-0.15, -0.1) is 11.3 Å². The number of thiophene rings is 1. The molecule has 1 fully saturated rings. The summed E-state index contributed by atoms with van der Waals surface area (Å²) in [6, 6.07) is 3.53. The molecular formula is C13H19BrO2S2. The average molecular weight is 351 g/mol. The Labute approximate surface area is 122 Å². The van der Waals surface area contributed by atoms with E-state index in [1.165, 1.54) is 24.2 Å². The molecule has 18 heavy (non-hydrogen) atoms. The van der Waals surface area contributed by atoms with Crippen molar-refractivity contribution < 1.29 is 8.42 Å². The molecule has 0 aromatic carbocycles. The third-order valence-electron chi connectivity index (χ3n) is 3.75. The zero-order valence-electron chi connectivity index (χ0n) is 10.4. The van der Waals surface area contributed by atoms with Crippen molar-refractivity contribution in [3.8, 4) is 0 Å². The maximum atomic E-state index is 12.4. The molecule has 2 rings (SSSR count).